The van der Waals surface area contributed by atoms with Crippen LogP contribution in [-0.2, 0) is 26.2 Å². The molecule has 0 saturated carbocycles. The fourth-order valence-corrected chi connectivity index (χ4v) is 2.20. The van der Waals surface area contributed by atoms with Crippen LogP contribution >= 0.6 is 0 Å². The van der Waals surface area contributed by atoms with E-state index in [1.807, 2.05) is 0 Å². The molecule has 2 N–H and O–H groups in total. The highest BCUT2D eigenvalue weighted by atomic mass is 16.5. The summed E-state index contributed by atoms with van der Waals surface area (Å²) in [6.07, 6.45) is 1.86. The van der Waals surface area contributed by atoms with E-state index < -0.39 is 5.60 Å². The Hall–Kier alpha value is -1.02. The number of hydrogen-bond acceptors (Lipinski definition) is 7. The number of hydrogen-bond donors (Lipinski definition) is 1. The molecule has 108 valence electrons. The highest BCUT2D eigenvalue weighted by Gasteiger charge is 2.39. The predicted molar refractivity (Wildman–Crippen MR) is 66.6 cm³/mol. The Morgan fingerprint density at radius 3 is 2.68 bits per heavy atom. The molecule has 0 aromatic carbocycles. The van der Waals surface area contributed by atoms with Gasteiger partial charge in [-0.3, -0.25) is 0 Å². The molecule has 0 aliphatic carbocycles. The standard InChI is InChI=1S/C12H21N3O4/c1-16-9(8-13)7-10-14-11(15-19-10)12(17-2)3-5-18-6-4-12/h9H,3-8,13H2,1-2H3. The molecule has 1 aliphatic rings. The lowest BCUT2D eigenvalue weighted by atomic mass is 9.93. The summed E-state index contributed by atoms with van der Waals surface area (Å²) in [5, 5.41) is 4.04. The molecule has 19 heavy (non-hydrogen) atoms. The van der Waals surface area contributed by atoms with Crippen LogP contribution in [0, 0.1) is 0 Å². The van der Waals surface area contributed by atoms with Crippen LogP contribution in [0.25, 0.3) is 0 Å². The summed E-state index contributed by atoms with van der Waals surface area (Å²) < 4.78 is 21.4. The second-order valence-corrected chi connectivity index (χ2v) is 4.62. The van der Waals surface area contributed by atoms with Gasteiger partial charge < -0.3 is 24.5 Å². The van der Waals surface area contributed by atoms with Crippen molar-refractivity contribution >= 4 is 0 Å². The average molecular weight is 271 g/mol. The average Bonchev–Trinajstić information content (AvgIpc) is 2.94. The lowest BCUT2D eigenvalue weighted by Crippen LogP contribution is -2.36. The van der Waals surface area contributed by atoms with Crippen molar-refractivity contribution in [2.24, 2.45) is 5.73 Å². The van der Waals surface area contributed by atoms with Crippen molar-refractivity contribution in [3.8, 4) is 0 Å². The molecule has 1 aromatic heterocycles. The molecule has 1 aliphatic heterocycles. The smallest absolute Gasteiger partial charge is 0.229 e. The zero-order valence-corrected chi connectivity index (χ0v) is 11.4. The van der Waals surface area contributed by atoms with Crippen LogP contribution in [0.1, 0.15) is 24.6 Å². The normalized spacial score (nSPS) is 20.4. The second-order valence-electron chi connectivity index (χ2n) is 4.62. The molecule has 0 amide bonds. The molecule has 1 fully saturated rings. The number of aromatic nitrogens is 2. The topological polar surface area (TPSA) is 92.6 Å². The van der Waals surface area contributed by atoms with Gasteiger partial charge in [0.15, 0.2) is 0 Å². The third kappa shape index (κ3) is 3.11. The summed E-state index contributed by atoms with van der Waals surface area (Å²) in [6.45, 7) is 1.69. The van der Waals surface area contributed by atoms with Gasteiger partial charge in [-0.25, -0.2) is 0 Å². The van der Waals surface area contributed by atoms with Crippen molar-refractivity contribution in [3.05, 3.63) is 11.7 Å². The Bertz CT molecular complexity index is 386. The highest BCUT2D eigenvalue weighted by Crippen LogP contribution is 2.33. The molecule has 2 rings (SSSR count). The summed E-state index contributed by atoms with van der Waals surface area (Å²) in [4.78, 5) is 4.42. The molecule has 1 unspecified atom stereocenters. The number of nitrogens with two attached hydrogens (primary N) is 1. The van der Waals surface area contributed by atoms with E-state index in [4.69, 9.17) is 24.5 Å². The fourth-order valence-electron chi connectivity index (χ4n) is 2.20. The lowest BCUT2D eigenvalue weighted by molar-refractivity contribution is -0.101. The van der Waals surface area contributed by atoms with E-state index in [9.17, 15) is 0 Å². The van der Waals surface area contributed by atoms with E-state index in [1.165, 1.54) is 0 Å². The van der Waals surface area contributed by atoms with Crippen LogP contribution < -0.4 is 5.73 Å². The van der Waals surface area contributed by atoms with Gasteiger partial charge in [-0.05, 0) is 0 Å². The zero-order chi connectivity index (χ0) is 13.7. The van der Waals surface area contributed by atoms with Crippen LogP contribution in [0.2, 0.25) is 0 Å². The maximum absolute atomic E-state index is 5.61. The molecule has 1 saturated heterocycles. The van der Waals surface area contributed by atoms with Crippen molar-refractivity contribution < 1.29 is 18.7 Å². The first-order valence-corrected chi connectivity index (χ1v) is 6.43. The summed E-state index contributed by atoms with van der Waals surface area (Å²) in [7, 11) is 3.28. The van der Waals surface area contributed by atoms with E-state index in [0.717, 1.165) is 12.8 Å². The van der Waals surface area contributed by atoms with Gasteiger partial charge in [0.25, 0.3) is 0 Å². The number of methoxy groups -OCH3 is 2. The van der Waals surface area contributed by atoms with Crippen LogP contribution in [0.5, 0.6) is 0 Å². The van der Waals surface area contributed by atoms with Crippen molar-refractivity contribution in [1.82, 2.24) is 10.1 Å². The Morgan fingerprint density at radius 1 is 1.37 bits per heavy atom. The van der Waals surface area contributed by atoms with Crippen molar-refractivity contribution in [2.75, 3.05) is 34.0 Å². The lowest BCUT2D eigenvalue weighted by Gasteiger charge is -2.32. The molecular weight excluding hydrogens is 250 g/mol. The molecule has 2 heterocycles. The van der Waals surface area contributed by atoms with Crippen LogP contribution in [0.15, 0.2) is 4.52 Å². The number of ether oxygens (including phenoxy) is 3. The first-order chi connectivity index (χ1) is 9.24. The Labute approximate surface area is 112 Å². The van der Waals surface area contributed by atoms with E-state index >= 15 is 0 Å². The van der Waals surface area contributed by atoms with Crippen LogP contribution in [0.4, 0.5) is 0 Å². The van der Waals surface area contributed by atoms with Crippen molar-refractivity contribution in [2.45, 2.75) is 31.0 Å². The van der Waals surface area contributed by atoms with Gasteiger partial charge >= 0.3 is 0 Å². The minimum Gasteiger partial charge on any atom is -0.381 e. The fraction of sp³-hybridized carbons (Fsp3) is 0.833. The van der Waals surface area contributed by atoms with Crippen molar-refractivity contribution in [3.63, 3.8) is 0 Å². The van der Waals surface area contributed by atoms with Gasteiger partial charge in [0.05, 0.1) is 12.5 Å². The van der Waals surface area contributed by atoms with Gasteiger partial charge in [-0.15, -0.1) is 0 Å². The van der Waals surface area contributed by atoms with Gasteiger partial charge in [0.1, 0.15) is 5.60 Å². The first kappa shape index (κ1) is 14.4. The van der Waals surface area contributed by atoms with Crippen LogP contribution in [0.3, 0.4) is 0 Å². The maximum atomic E-state index is 5.61. The Morgan fingerprint density at radius 2 is 2.11 bits per heavy atom. The molecule has 0 radical (unpaired) electrons. The van der Waals surface area contributed by atoms with E-state index in [-0.39, 0.29) is 6.10 Å². The Kier molecular flexibility index (Phi) is 4.87. The van der Waals surface area contributed by atoms with Crippen molar-refractivity contribution in [1.29, 1.82) is 0 Å². The third-order valence-corrected chi connectivity index (χ3v) is 3.57. The monoisotopic (exact) mass is 271 g/mol. The molecule has 1 aromatic rings. The third-order valence-electron chi connectivity index (χ3n) is 3.57. The summed E-state index contributed by atoms with van der Waals surface area (Å²) >= 11 is 0. The molecule has 1 atom stereocenters. The first-order valence-electron chi connectivity index (χ1n) is 6.43. The predicted octanol–water partition coefficient (Wildman–Crippen LogP) is 0.238. The minimum atomic E-state index is -0.495. The van der Waals surface area contributed by atoms with Gasteiger partial charge in [-0.1, -0.05) is 5.16 Å². The van der Waals surface area contributed by atoms with E-state index in [0.29, 0.717) is 37.9 Å². The largest absolute Gasteiger partial charge is 0.381 e. The van der Waals surface area contributed by atoms with E-state index in [2.05, 4.69) is 10.1 Å². The van der Waals surface area contributed by atoms with Gasteiger partial charge in [0.2, 0.25) is 11.7 Å². The molecule has 0 bridgehead atoms. The molecule has 7 heteroatoms. The summed E-state index contributed by atoms with van der Waals surface area (Å²) in [5.74, 6) is 1.11. The highest BCUT2D eigenvalue weighted by molar-refractivity contribution is 5.03. The minimum absolute atomic E-state index is 0.110. The number of rotatable bonds is 6. The Balaban J connectivity index is 2.10. The number of nitrogens with zero attached hydrogens (tertiary/aromatic N) is 2. The second kappa shape index (κ2) is 6.42. The maximum Gasteiger partial charge on any atom is 0.229 e. The van der Waals surface area contributed by atoms with Gasteiger partial charge in [-0.2, -0.15) is 4.98 Å². The summed E-state index contributed by atoms with van der Waals surface area (Å²) in [6, 6.07) is 0. The molecule has 0 spiro atoms. The molecule has 7 nitrogen and oxygen atoms in total. The van der Waals surface area contributed by atoms with Crippen LogP contribution in [-0.4, -0.2) is 50.2 Å². The SMILES string of the molecule is COC(CN)Cc1nc(C2(OC)CCOCC2)no1. The zero-order valence-electron chi connectivity index (χ0n) is 11.4. The quantitative estimate of drug-likeness (QED) is 0.792. The van der Waals surface area contributed by atoms with E-state index in [1.54, 1.807) is 14.2 Å². The molecular formula is C12H21N3O4. The van der Waals surface area contributed by atoms with Gasteiger partial charge in [0, 0.05) is 46.8 Å². The summed E-state index contributed by atoms with van der Waals surface area (Å²) in [5.41, 5.74) is 5.08.